The molecule has 0 radical (unpaired) electrons. The Bertz CT molecular complexity index is 579. The van der Waals surface area contributed by atoms with Gasteiger partial charge >= 0.3 is 0 Å². The lowest BCUT2D eigenvalue weighted by Gasteiger charge is -2.06. The zero-order chi connectivity index (χ0) is 13.0. The molecular formula is C13H15N5. The summed E-state index contributed by atoms with van der Waals surface area (Å²) in [5.41, 5.74) is 8.76. The van der Waals surface area contributed by atoms with Gasteiger partial charge in [-0.15, -0.1) is 0 Å². The molecule has 0 fully saturated rings. The topological polar surface area (TPSA) is 79.7 Å². The molecule has 0 saturated carbocycles. The van der Waals surface area contributed by atoms with Gasteiger partial charge in [0.25, 0.3) is 0 Å². The normalized spacial score (nSPS) is 10.0. The Balaban J connectivity index is 1.93. The summed E-state index contributed by atoms with van der Waals surface area (Å²) in [7, 11) is 1.90. The van der Waals surface area contributed by atoms with Crippen molar-refractivity contribution in [3.05, 3.63) is 41.7 Å². The predicted molar refractivity (Wildman–Crippen MR) is 71.0 cm³/mol. The van der Waals surface area contributed by atoms with Crippen LogP contribution >= 0.6 is 0 Å². The van der Waals surface area contributed by atoms with E-state index in [9.17, 15) is 0 Å². The summed E-state index contributed by atoms with van der Waals surface area (Å²) in [6.45, 7) is 0.792. The molecule has 2 aromatic rings. The van der Waals surface area contributed by atoms with Gasteiger partial charge in [-0.1, -0.05) is 0 Å². The first kappa shape index (κ1) is 12.0. The van der Waals surface area contributed by atoms with Crippen LogP contribution in [0.5, 0.6) is 0 Å². The third-order valence-corrected chi connectivity index (χ3v) is 2.67. The van der Waals surface area contributed by atoms with Crippen molar-refractivity contribution in [2.45, 2.75) is 6.42 Å². The molecule has 1 heterocycles. The van der Waals surface area contributed by atoms with Crippen molar-refractivity contribution < 1.29 is 0 Å². The van der Waals surface area contributed by atoms with Gasteiger partial charge < -0.3 is 11.1 Å². The minimum absolute atomic E-state index is 0.501. The summed E-state index contributed by atoms with van der Waals surface area (Å²) in [4.78, 5) is 0. The monoisotopic (exact) mass is 241 g/mol. The second-order valence-electron chi connectivity index (χ2n) is 4.11. The number of nitrogen functional groups attached to an aromatic ring is 1. The molecule has 0 unspecified atom stereocenters. The van der Waals surface area contributed by atoms with Crippen LogP contribution in [0.3, 0.4) is 0 Å². The number of hydrogen-bond acceptors (Lipinski definition) is 4. The van der Waals surface area contributed by atoms with Gasteiger partial charge in [0.1, 0.15) is 6.07 Å². The average molecular weight is 241 g/mol. The third kappa shape index (κ3) is 2.80. The number of benzene rings is 1. The Morgan fingerprint density at radius 3 is 3.00 bits per heavy atom. The number of hydrogen-bond donors (Lipinski definition) is 2. The molecule has 1 aromatic carbocycles. The second kappa shape index (κ2) is 5.23. The van der Waals surface area contributed by atoms with Crippen LogP contribution in [0, 0.1) is 11.3 Å². The molecule has 5 nitrogen and oxygen atoms in total. The molecule has 92 valence electrons. The number of aromatic nitrogens is 2. The smallest absolute Gasteiger partial charge is 0.101 e. The molecule has 0 atom stereocenters. The second-order valence-corrected chi connectivity index (χ2v) is 4.11. The Morgan fingerprint density at radius 1 is 1.50 bits per heavy atom. The maximum absolute atomic E-state index is 8.88. The highest BCUT2D eigenvalue weighted by atomic mass is 15.2. The average Bonchev–Trinajstić information content (AvgIpc) is 2.77. The maximum atomic E-state index is 8.88. The molecule has 1 aromatic heterocycles. The Labute approximate surface area is 106 Å². The fourth-order valence-electron chi connectivity index (χ4n) is 1.72. The lowest BCUT2D eigenvalue weighted by Crippen LogP contribution is -2.05. The Kier molecular flexibility index (Phi) is 3.49. The van der Waals surface area contributed by atoms with E-state index in [0.29, 0.717) is 11.3 Å². The van der Waals surface area contributed by atoms with Crippen LogP contribution in [0.25, 0.3) is 0 Å². The van der Waals surface area contributed by atoms with E-state index in [4.69, 9.17) is 11.0 Å². The molecular weight excluding hydrogens is 226 g/mol. The summed E-state index contributed by atoms with van der Waals surface area (Å²) < 4.78 is 1.78. The van der Waals surface area contributed by atoms with E-state index >= 15 is 0 Å². The molecule has 0 amide bonds. The molecule has 2 rings (SSSR count). The van der Waals surface area contributed by atoms with Crippen molar-refractivity contribution in [1.82, 2.24) is 9.78 Å². The first-order chi connectivity index (χ1) is 8.69. The van der Waals surface area contributed by atoms with Gasteiger partial charge in [-0.3, -0.25) is 4.68 Å². The number of nitrogens with one attached hydrogen (secondary N) is 1. The lowest BCUT2D eigenvalue weighted by atomic mass is 10.1. The van der Waals surface area contributed by atoms with Crippen LogP contribution in [0.4, 0.5) is 11.4 Å². The highest BCUT2D eigenvalue weighted by molar-refractivity contribution is 5.61. The summed E-state index contributed by atoms with van der Waals surface area (Å²) in [6, 6.07) is 7.45. The number of anilines is 2. The highest BCUT2D eigenvalue weighted by Crippen LogP contribution is 2.16. The van der Waals surface area contributed by atoms with E-state index in [1.807, 2.05) is 25.5 Å². The fraction of sp³-hybridized carbons (Fsp3) is 0.231. The van der Waals surface area contributed by atoms with Crippen LogP contribution in [0.15, 0.2) is 30.6 Å². The van der Waals surface area contributed by atoms with Crippen LogP contribution in [0.2, 0.25) is 0 Å². The Morgan fingerprint density at radius 2 is 2.33 bits per heavy atom. The van der Waals surface area contributed by atoms with Crippen molar-refractivity contribution in [2.24, 2.45) is 7.05 Å². The first-order valence-corrected chi connectivity index (χ1v) is 5.70. The standard InChI is InChI=1S/C13H15N5/c1-18-9-10(8-17-18)4-5-16-12-2-3-13(15)11(6-12)7-14/h2-3,6,8-9,16H,4-5,15H2,1H3. The SMILES string of the molecule is Cn1cc(CCNc2ccc(N)c(C#N)c2)cn1. The number of nitrogens with two attached hydrogens (primary N) is 1. The van der Waals surface area contributed by atoms with Gasteiger partial charge in [0, 0.05) is 31.2 Å². The molecule has 0 spiro atoms. The quantitative estimate of drug-likeness (QED) is 0.795. The van der Waals surface area contributed by atoms with E-state index in [1.54, 1.807) is 16.8 Å². The molecule has 0 bridgehead atoms. The van der Waals surface area contributed by atoms with Gasteiger partial charge in [-0.25, -0.2) is 0 Å². The minimum atomic E-state index is 0.501. The summed E-state index contributed by atoms with van der Waals surface area (Å²) in [5, 5.41) is 16.3. The molecule has 0 aliphatic carbocycles. The molecule has 3 N–H and O–H groups in total. The zero-order valence-electron chi connectivity index (χ0n) is 10.2. The van der Waals surface area contributed by atoms with Crippen molar-refractivity contribution >= 4 is 11.4 Å². The fourth-order valence-corrected chi connectivity index (χ4v) is 1.72. The Hall–Kier alpha value is -2.48. The van der Waals surface area contributed by atoms with Crippen molar-refractivity contribution in [3.63, 3.8) is 0 Å². The van der Waals surface area contributed by atoms with Crippen molar-refractivity contribution in [2.75, 3.05) is 17.6 Å². The molecule has 5 heteroatoms. The van der Waals surface area contributed by atoms with Crippen molar-refractivity contribution in [3.8, 4) is 6.07 Å². The van der Waals surface area contributed by atoms with E-state index in [1.165, 1.54) is 5.56 Å². The van der Waals surface area contributed by atoms with Crippen LogP contribution < -0.4 is 11.1 Å². The van der Waals surface area contributed by atoms with Crippen molar-refractivity contribution in [1.29, 1.82) is 5.26 Å². The van der Waals surface area contributed by atoms with E-state index < -0.39 is 0 Å². The van der Waals surface area contributed by atoms with E-state index in [0.717, 1.165) is 18.7 Å². The molecule has 0 aliphatic rings. The van der Waals surface area contributed by atoms with Crippen LogP contribution in [-0.2, 0) is 13.5 Å². The summed E-state index contributed by atoms with van der Waals surface area (Å²) in [5.74, 6) is 0. The predicted octanol–water partition coefficient (Wildman–Crippen LogP) is 1.53. The molecule has 18 heavy (non-hydrogen) atoms. The van der Waals surface area contributed by atoms with Gasteiger partial charge in [0.2, 0.25) is 0 Å². The van der Waals surface area contributed by atoms with E-state index in [2.05, 4.69) is 16.5 Å². The lowest BCUT2D eigenvalue weighted by molar-refractivity contribution is 0.767. The number of rotatable bonds is 4. The highest BCUT2D eigenvalue weighted by Gasteiger charge is 2.00. The minimum Gasteiger partial charge on any atom is -0.398 e. The zero-order valence-corrected chi connectivity index (χ0v) is 10.2. The van der Waals surface area contributed by atoms with Gasteiger partial charge in [-0.05, 0) is 30.2 Å². The molecule has 0 saturated heterocycles. The number of nitrogens with zero attached hydrogens (tertiary/aromatic N) is 3. The summed E-state index contributed by atoms with van der Waals surface area (Å²) >= 11 is 0. The van der Waals surface area contributed by atoms with Gasteiger partial charge in [-0.2, -0.15) is 10.4 Å². The van der Waals surface area contributed by atoms with E-state index in [-0.39, 0.29) is 0 Å². The third-order valence-electron chi connectivity index (χ3n) is 2.67. The maximum Gasteiger partial charge on any atom is 0.101 e. The van der Waals surface area contributed by atoms with Gasteiger partial charge in [0.15, 0.2) is 0 Å². The number of nitriles is 1. The number of aryl methyl sites for hydroxylation is 1. The first-order valence-electron chi connectivity index (χ1n) is 5.70. The molecule has 0 aliphatic heterocycles. The largest absolute Gasteiger partial charge is 0.398 e. The van der Waals surface area contributed by atoms with Crippen LogP contribution in [-0.4, -0.2) is 16.3 Å². The summed E-state index contributed by atoms with van der Waals surface area (Å²) in [6.07, 6.45) is 4.73. The van der Waals surface area contributed by atoms with Crippen LogP contribution in [0.1, 0.15) is 11.1 Å². The van der Waals surface area contributed by atoms with Gasteiger partial charge in [0.05, 0.1) is 11.8 Å².